The maximum absolute atomic E-state index is 12.6. The van der Waals surface area contributed by atoms with Crippen LogP contribution < -0.4 is 10.1 Å². The lowest BCUT2D eigenvalue weighted by Crippen LogP contribution is -2.33. The Morgan fingerprint density at radius 2 is 2.00 bits per heavy atom. The molecular weight excluding hydrogens is 434 g/mol. The van der Waals surface area contributed by atoms with Gasteiger partial charge in [0, 0.05) is 18.7 Å². The lowest BCUT2D eigenvalue weighted by molar-refractivity contribution is -0.128. The van der Waals surface area contributed by atoms with E-state index in [9.17, 15) is 18.0 Å². The second-order valence-corrected chi connectivity index (χ2v) is 9.90. The fourth-order valence-electron chi connectivity index (χ4n) is 2.61. The summed E-state index contributed by atoms with van der Waals surface area (Å²) < 4.78 is 33.9. The molecule has 1 aliphatic rings. The summed E-state index contributed by atoms with van der Waals surface area (Å²) >= 11 is 2.05. The average Bonchev–Trinajstić information content (AvgIpc) is 3.32. The van der Waals surface area contributed by atoms with E-state index in [-0.39, 0.29) is 34.2 Å². The molecule has 154 valence electrons. The number of nitrogens with zero attached hydrogens (tertiary/aromatic N) is 2. The van der Waals surface area contributed by atoms with Gasteiger partial charge in [-0.25, -0.2) is 0 Å². The Balaban J connectivity index is 1.71. The van der Waals surface area contributed by atoms with Gasteiger partial charge in [-0.05, 0) is 42.6 Å². The predicted molar refractivity (Wildman–Crippen MR) is 114 cm³/mol. The molecule has 2 amide bonds. The third-order valence-corrected chi connectivity index (χ3v) is 7.96. The molecule has 3 rings (SSSR count). The summed E-state index contributed by atoms with van der Waals surface area (Å²) in [5.41, 5.74) is 0.577. The quantitative estimate of drug-likeness (QED) is 0.691. The monoisotopic (exact) mass is 453 g/mol. The summed E-state index contributed by atoms with van der Waals surface area (Å²) in [5.74, 6) is -0.0159. The molecule has 0 aliphatic carbocycles. The van der Waals surface area contributed by atoms with Crippen molar-refractivity contribution in [1.82, 2.24) is 4.90 Å². The highest BCUT2D eigenvalue weighted by atomic mass is 32.2. The summed E-state index contributed by atoms with van der Waals surface area (Å²) in [6, 6.07) is 9.89. The normalized spacial score (nSPS) is 18.3. The number of amidine groups is 1. The van der Waals surface area contributed by atoms with E-state index in [1.807, 2.05) is 0 Å². The van der Waals surface area contributed by atoms with Crippen LogP contribution in [0.4, 0.5) is 5.69 Å². The second-order valence-electron chi connectivity index (χ2n) is 5.95. The number of ether oxygens (including phenoxy) is 1. The van der Waals surface area contributed by atoms with Crippen molar-refractivity contribution >= 4 is 55.8 Å². The molecule has 2 heterocycles. The number of benzene rings is 1. The molecule has 29 heavy (non-hydrogen) atoms. The maximum Gasteiger partial charge on any atom is 0.294 e. The summed E-state index contributed by atoms with van der Waals surface area (Å²) in [4.78, 5) is 26.3. The molecule has 1 aliphatic heterocycles. The molecule has 0 unspecified atom stereocenters. The van der Waals surface area contributed by atoms with Crippen molar-refractivity contribution in [2.24, 2.45) is 4.40 Å². The molecule has 1 saturated heterocycles. The van der Waals surface area contributed by atoms with Crippen LogP contribution >= 0.6 is 23.1 Å². The first-order chi connectivity index (χ1) is 13.8. The third-order valence-electron chi connectivity index (χ3n) is 4.03. The topological polar surface area (TPSA) is 105 Å². The van der Waals surface area contributed by atoms with Crippen LogP contribution in [0.2, 0.25) is 0 Å². The van der Waals surface area contributed by atoms with Crippen LogP contribution in [0.3, 0.4) is 0 Å². The Bertz CT molecular complexity index is 1020. The van der Waals surface area contributed by atoms with Gasteiger partial charge in [0.15, 0.2) is 5.17 Å². The highest BCUT2D eigenvalue weighted by Crippen LogP contribution is 2.31. The molecular formula is C18H19N3O5S3. The summed E-state index contributed by atoms with van der Waals surface area (Å²) in [7, 11) is -2.35. The van der Waals surface area contributed by atoms with Crippen molar-refractivity contribution in [1.29, 1.82) is 0 Å². The fraction of sp³-hybridized carbons (Fsp3) is 0.278. The van der Waals surface area contributed by atoms with E-state index >= 15 is 0 Å². The number of rotatable bonds is 7. The van der Waals surface area contributed by atoms with Gasteiger partial charge in [0.05, 0.1) is 7.11 Å². The molecule has 1 aromatic heterocycles. The van der Waals surface area contributed by atoms with E-state index < -0.39 is 15.3 Å². The molecule has 11 heteroatoms. The van der Waals surface area contributed by atoms with Crippen molar-refractivity contribution in [2.45, 2.75) is 22.8 Å². The molecule has 2 aromatic rings. The Morgan fingerprint density at radius 3 is 2.59 bits per heavy atom. The minimum atomic E-state index is -3.89. The lowest BCUT2D eigenvalue weighted by Gasteiger charge is -2.13. The van der Waals surface area contributed by atoms with Gasteiger partial charge in [0.1, 0.15) is 15.2 Å². The molecule has 0 bridgehead atoms. The lowest BCUT2D eigenvalue weighted by atomic mass is 10.2. The number of hydrogen-bond donors (Lipinski definition) is 1. The molecule has 8 nitrogen and oxygen atoms in total. The molecule has 0 radical (unpaired) electrons. The zero-order valence-electron chi connectivity index (χ0n) is 15.7. The molecule has 1 fully saturated rings. The highest BCUT2D eigenvalue weighted by molar-refractivity contribution is 8.16. The van der Waals surface area contributed by atoms with Crippen LogP contribution in [0.25, 0.3) is 0 Å². The smallest absolute Gasteiger partial charge is 0.294 e. The first-order valence-corrected chi connectivity index (χ1v) is 11.8. The number of anilines is 1. The van der Waals surface area contributed by atoms with E-state index in [1.165, 1.54) is 11.0 Å². The Labute approximate surface area is 177 Å². The third kappa shape index (κ3) is 4.98. The SMILES string of the molecule is CCN1C(=O)[C@H](CC(=O)Nc2ccc(OC)cc2)SC1=NS(=O)(=O)c1cccs1. The predicted octanol–water partition coefficient (Wildman–Crippen LogP) is 2.79. The van der Waals surface area contributed by atoms with Gasteiger partial charge in [0.25, 0.3) is 10.0 Å². The van der Waals surface area contributed by atoms with Crippen molar-refractivity contribution in [3.05, 3.63) is 41.8 Å². The van der Waals surface area contributed by atoms with Gasteiger partial charge in [-0.1, -0.05) is 17.8 Å². The number of thiophene rings is 1. The van der Waals surface area contributed by atoms with Gasteiger partial charge in [0.2, 0.25) is 11.8 Å². The van der Waals surface area contributed by atoms with E-state index in [4.69, 9.17) is 4.74 Å². The van der Waals surface area contributed by atoms with Crippen molar-refractivity contribution in [3.63, 3.8) is 0 Å². The van der Waals surface area contributed by atoms with E-state index in [0.29, 0.717) is 11.4 Å². The van der Waals surface area contributed by atoms with Crippen molar-refractivity contribution < 1.29 is 22.7 Å². The number of sulfonamides is 1. The largest absolute Gasteiger partial charge is 0.497 e. The van der Waals surface area contributed by atoms with Crippen LogP contribution in [0.5, 0.6) is 5.75 Å². The van der Waals surface area contributed by atoms with Gasteiger partial charge in [-0.2, -0.15) is 8.42 Å². The number of carbonyl (C=O) groups is 2. The van der Waals surface area contributed by atoms with Crippen molar-refractivity contribution in [3.8, 4) is 5.75 Å². The van der Waals surface area contributed by atoms with Crippen LogP contribution in [0, 0.1) is 0 Å². The fourth-order valence-corrected chi connectivity index (χ4v) is 6.00. The second kappa shape index (κ2) is 8.97. The summed E-state index contributed by atoms with van der Waals surface area (Å²) in [6.07, 6.45) is -0.0932. The number of nitrogens with one attached hydrogen (secondary N) is 1. The first-order valence-electron chi connectivity index (χ1n) is 8.64. The van der Waals surface area contributed by atoms with Gasteiger partial charge < -0.3 is 10.1 Å². The average molecular weight is 454 g/mol. The van der Waals surface area contributed by atoms with E-state index in [1.54, 1.807) is 49.7 Å². The maximum atomic E-state index is 12.6. The van der Waals surface area contributed by atoms with Crippen LogP contribution in [0.1, 0.15) is 13.3 Å². The molecule has 0 spiro atoms. The van der Waals surface area contributed by atoms with E-state index in [2.05, 4.69) is 9.71 Å². The number of carbonyl (C=O) groups excluding carboxylic acids is 2. The van der Waals surface area contributed by atoms with Crippen molar-refractivity contribution in [2.75, 3.05) is 19.0 Å². The summed E-state index contributed by atoms with van der Waals surface area (Å²) in [5, 5.41) is 3.73. The van der Waals surface area contributed by atoms with Gasteiger partial charge in [-0.15, -0.1) is 15.7 Å². The van der Waals surface area contributed by atoms with Gasteiger partial charge >= 0.3 is 0 Å². The highest BCUT2D eigenvalue weighted by Gasteiger charge is 2.39. The van der Waals surface area contributed by atoms with Crippen LogP contribution in [0.15, 0.2) is 50.4 Å². The number of hydrogen-bond acceptors (Lipinski definition) is 7. The minimum Gasteiger partial charge on any atom is -0.497 e. The summed E-state index contributed by atoms with van der Waals surface area (Å²) in [6.45, 7) is 1.99. The first kappa shape index (κ1) is 21.3. The van der Waals surface area contributed by atoms with E-state index in [0.717, 1.165) is 23.1 Å². The Morgan fingerprint density at radius 1 is 1.28 bits per heavy atom. The molecule has 0 saturated carbocycles. The zero-order valence-corrected chi connectivity index (χ0v) is 18.1. The number of thioether (sulfide) groups is 1. The van der Waals surface area contributed by atoms with Crippen LogP contribution in [-0.2, 0) is 19.6 Å². The number of methoxy groups -OCH3 is 1. The Hall–Kier alpha value is -2.37. The number of amides is 2. The molecule has 1 atom stereocenters. The van der Waals surface area contributed by atoms with Crippen LogP contribution in [-0.4, -0.2) is 49.2 Å². The standard InChI is InChI=1S/C18H19N3O5S3/c1-3-21-17(23)14(11-15(22)19-12-6-8-13(26-2)9-7-12)28-18(21)20-29(24,25)16-5-4-10-27-16/h4-10,14H,3,11H2,1-2H3,(H,19,22)/t14-/m0/s1. The molecule has 1 N–H and O–H groups in total. The van der Waals surface area contributed by atoms with Gasteiger partial charge in [-0.3, -0.25) is 14.5 Å². The molecule has 1 aromatic carbocycles. The minimum absolute atomic E-state index is 0.0909. The zero-order chi connectivity index (χ0) is 21.0. The Kier molecular flexibility index (Phi) is 6.60.